The number of hydrogen-bond donors (Lipinski definition) is 1. The van der Waals surface area contributed by atoms with Crippen LogP contribution in [0.4, 0.5) is 0 Å². The fourth-order valence-electron chi connectivity index (χ4n) is 2.23. The second kappa shape index (κ2) is 4.46. The standard InChI is InChI=1S/C11H20O4S/c1-5-16-10-9-8(7(12)6(2)13-10)14-11(3,4)15-9/h6-10,12H,5H2,1-4H3/t6-,7-,8+,9+,10-/m1/s1. The average molecular weight is 248 g/mol. The van der Waals surface area contributed by atoms with E-state index in [1.165, 1.54) is 0 Å². The summed E-state index contributed by atoms with van der Waals surface area (Å²) in [5.74, 6) is 0.330. The second-order valence-corrected chi connectivity index (χ2v) is 6.10. The van der Waals surface area contributed by atoms with Crippen LogP contribution in [0.2, 0.25) is 0 Å². The first-order valence-electron chi connectivity index (χ1n) is 5.75. The van der Waals surface area contributed by atoms with Gasteiger partial charge in [-0.2, -0.15) is 0 Å². The highest BCUT2D eigenvalue weighted by Gasteiger charge is 2.53. The van der Waals surface area contributed by atoms with Gasteiger partial charge in [0.1, 0.15) is 23.7 Å². The normalized spacial score (nSPS) is 46.7. The van der Waals surface area contributed by atoms with Crippen molar-refractivity contribution in [2.75, 3.05) is 5.75 Å². The van der Waals surface area contributed by atoms with Crippen molar-refractivity contribution in [1.29, 1.82) is 0 Å². The Bertz CT molecular complexity index is 258. The fourth-order valence-corrected chi connectivity index (χ4v) is 3.21. The van der Waals surface area contributed by atoms with Crippen molar-refractivity contribution in [3.05, 3.63) is 0 Å². The van der Waals surface area contributed by atoms with Gasteiger partial charge in [0, 0.05) is 0 Å². The highest BCUT2D eigenvalue weighted by molar-refractivity contribution is 7.99. The molecule has 0 aromatic rings. The molecule has 0 saturated carbocycles. The molecule has 4 nitrogen and oxygen atoms in total. The number of thioether (sulfide) groups is 1. The van der Waals surface area contributed by atoms with Crippen molar-refractivity contribution in [3.8, 4) is 0 Å². The van der Waals surface area contributed by atoms with Gasteiger partial charge in [0.25, 0.3) is 0 Å². The van der Waals surface area contributed by atoms with Crippen LogP contribution in [0.1, 0.15) is 27.7 Å². The summed E-state index contributed by atoms with van der Waals surface area (Å²) in [5, 5.41) is 10.0. The molecule has 5 atom stereocenters. The van der Waals surface area contributed by atoms with Crippen molar-refractivity contribution in [3.63, 3.8) is 0 Å². The maximum Gasteiger partial charge on any atom is 0.164 e. The molecule has 94 valence electrons. The Morgan fingerprint density at radius 1 is 1.25 bits per heavy atom. The van der Waals surface area contributed by atoms with E-state index in [9.17, 15) is 5.11 Å². The first kappa shape index (κ1) is 12.6. The molecule has 5 heteroatoms. The first-order chi connectivity index (χ1) is 7.44. The number of rotatable bonds is 2. The van der Waals surface area contributed by atoms with Gasteiger partial charge in [-0.1, -0.05) is 6.92 Å². The smallest absolute Gasteiger partial charge is 0.164 e. The van der Waals surface area contributed by atoms with E-state index in [1.54, 1.807) is 11.8 Å². The molecule has 0 aromatic carbocycles. The molecular weight excluding hydrogens is 228 g/mol. The van der Waals surface area contributed by atoms with E-state index < -0.39 is 11.9 Å². The summed E-state index contributed by atoms with van der Waals surface area (Å²) in [7, 11) is 0. The monoisotopic (exact) mass is 248 g/mol. The third-order valence-corrected chi connectivity index (χ3v) is 3.97. The topological polar surface area (TPSA) is 47.9 Å². The minimum Gasteiger partial charge on any atom is -0.388 e. The van der Waals surface area contributed by atoms with Crippen molar-refractivity contribution in [2.45, 2.75) is 63.3 Å². The van der Waals surface area contributed by atoms with E-state index >= 15 is 0 Å². The molecule has 2 rings (SSSR count). The lowest BCUT2D eigenvalue weighted by atomic mass is 10.0. The molecule has 2 saturated heterocycles. The molecular formula is C11H20O4S. The second-order valence-electron chi connectivity index (χ2n) is 4.72. The molecule has 0 amide bonds. The Morgan fingerprint density at radius 2 is 1.88 bits per heavy atom. The molecule has 1 N–H and O–H groups in total. The molecule has 0 radical (unpaired) electrons. The molecule has 0 unspecified atom stereocenters. The van der Waals surface area contributed by atoms with Gasteiger partial charge in [0.15, 0.2) is 5.79 Å². The molecule has 0 aliphatic carbocycles. The Labute approximate surface area is 101 Å². The predicted molar refractivity (Wildman–Crippen MR) is 62.3 cm³/mol. The van der Waals surface area contributed by atoms with Gasteiger partial charge in [-0.25, -0.2) is 0 Å². The van der Waals surface area contributed by atoms with Crippen LogP contribution < -0.4 is 0 Å². The number of fused-ring (bicyclic) bond motifs is 1. The first-order valence-corrected chi connectivity index (χ1v) is 6.80. The van der Waals surface area contributed by atoms with Gasteiger partial charge in [-0.15, -0.1) is 11.8 Å². The van der Waals surface area contributed by atoms with E-state index in [0.29, 0.717) is 0 Å². The summed E-state index contributed by atoms with van der Waals surface area (Å²) in [4.78, 5) is 0. The Balaban J connectivity index is 2.15. The Kier molecular flexibility index (Phi) is 3.52. The average Bonchev–Trinajstić information content (AvgIpc) is 2.51. The van der Waals surface area contributed by atoms with Crippen molar-refractivity contribution in [1.82, 2.24) is 0 Å². The maximum absolute atomic E-state index is 10.0. The molecule has 0 aromatic heterocycles. The Morgan fingerprint density at radius 3 is 2.50 bits per heavy atom. The number of aliphatic hydroxyl groups excluding tert-OH is 1. The van der Waals surface area contributed by atoms with E-state index in [-0.39, 0.29) is 23.7 Å². The van der Waals surface area contributed by atoms with E-state index in [2.05, 4.69) is 6.92 Å². The van der Waals surface area contributed by atoms with E-state index in [4.69, 9.17) is 14.2 Å². The maximum atomic E-state index is 10.0. The van der Waals surface area contributed by atoms with Crippen LogP contribution in [0, 0.1) is 0 Å². The van der Waals surface area contributed by atoms with Crippen LogP contribution in [0.5, 0.6) is 0 Å². The van der Waals surface area contributed by atoms with Crippen LogP contribution in [0.25, 0.3) is 0 Å². The molecule has 2 aliphatic heterocycles. The zero-order valence-electron chi connectivity index (χ0n) is 10.2. The molecule has 2 heterocycles. The largest absolute Gasteiger partial charge is 0.388 e. The van der Waals surface area contributed by atoms with Gasteiger partial charge in [0.2, 0.25) is 0 Å². The number of ether oxygens (including phenoxy) is 3. The molecule has 0 bridgehead atoms. The van der Waals surface area contributed by atoms with Crippen molar-refractivity contribution >= 4 is 11.8 Å². The lowest BCUT2D eigenvalue weighted by Gasteiger charge is -2.38. The molecule has 0 spiro atoms. The SMILES string of the molecule is CCS[C@H]1O[C@H](C)[C@@H](O)[C@@H]2OC(C)(C)O[C@@H]21. The lowest BCUT2D eigenvalue weighted by Crippen LogP contribution is -2.54. The fraction of sp³-hybridized carbons (Fsp3) is 1.00. The molecule has 16 heavy (non-hydrogen) atoms. The summed E-state index contributed by atoms with van der Waals surface area (Å²) < 4.78 is 17.3. The van der Waals surface area contributed by atoms with Crippen molar-refractivity contribution < 1.29 is 19.3 Å². The summed E-state index contributed by atoms with van der Waals surface area (Å²) in [5.41, 5.74) is -0.0461. The predicted octanol–water partition coefficient (Wildman–Crippen LogP) is 1.37. The molecule has 2 fully saturated rings. The van der Waals surface area contributed by atoms with Gasteiger partial charge < -0.3 is 19.3 Å². The molecule has 2 aliphatic rings. The highest BCUT2D eigenvalue weighted by Crippen LogP contribution is 2.40. The van der Waals surface area contributed by atoms with E-state index in [1.807, 2.05) is 20.8 Å². The third-order valence-electron chi connectivity index (χ3n) is 2.93. The van der Waals surface area contributed by atoms with Gasteiger partial charge in [-0.05, 0) is 26.5 Å². The Hall–Kier alpha value is 0.190. The zero-order chi connectivity index (χ0) is 11.9. The van der Waals surface area contributed by atoms with Crippen molar-refractivity contribution in [2.24, 2.45) is 0 Å². The summed E-state index contributed by atoms with van der Waals surface area (Å²) >= 11 is 1.70. The lowest BCUT2D eigenvalue weighted by molar-refractivity contribution is -0.159. The van der Waals surface area contributed by atoms with Crippen LogP contribution in [-0.4, -0.2) is 46.5 Å². The minimum atomic E-state index is -0.629. The summed E-state index contributed by atoms with van der Waals surface area (Å²) in [6, 6.07) is 0. The number of hydrogen-bond acceptors (Lipinski definition) is 5. The number of aliphatic hydroxyl groups is 1. The van der Waals surface area contributed by atoms with Crippen LogP contribution in [0.3, 0.4) is 0 Å². The van der Waals surface area contributed by atoms with Crippen LogP contribution in [0.15, 0.2) is 0 Å². The third kappa shape index (κ3) is 2.24. The zero-order valence-corrected chi connectivity index (χ0v) is 11.0. The summed E-state index contributed by atoms with van der Waals surface area (Å²) in [6.07, 6.45) is -1.27. The van der Waals surface area contributed by atoms with Crippen LogP contribution >= 0.6 is 11.8 Å². The van der Waals surface area contributed by atoms with Crippen LogP contribution in [-0.2, 0) is 14.2 Å². The highest BCUT2D eigenvalue weighted by atomic mass is 32.2. The summed E-state index contributed by atoms with van der Waals surface area (Å²) in [6.45, 7) is 7.70. The van der Waals surface area contributed by atoms with Gasteiger partial charge >= 0.3 is 0 Å². The quantitative estimate of drug-likeness (QED) is 0.799. The van der Waals surface area contributed by atoms with E-state index in [0.717, 1.165) is 5.75 Å². The van der Waals surface area contributed by atoms with Gasteiger partial charge in [0.05, 0.1) is 6.10 Å². The van der Waals surface area contributed by atoms with Gasteiger partial charge in [-0.3, -0.25) is 0 Å². The minimum absolute atomic E-state index is 0.0461.